The third kappa shape index (κ3) is 4.08. The molecule has 0 amide bonds. The topological polar surface area (TPSA) is 62.3 Å². The molecule has 1 saturated heterocycles. The second kappa shape index (κ2) is 7.77. The van der Waals surface area contributed by atoms with Gasteiger partial charge in [-0.3, -0.25) is 4.98 Å². The van der Waals surface area contributed by atoms with E-state index in [1.807, 2.05) is 6.92 Å². The molecule has 1 fully saturated rings. The Hall–Kier alpha value is -1.90. The van der Waals surface area contributed by atoms with Crippen LogP contribution in [0.2, 0.25) is 0 Å². The van der Waals surface area contributed by atoms with Gasteiger partial charge in [-0.05, 0) is 37.1 Å². The van der Waals surface area contributed by atoms with E-state index in [0.717, 1.165) is 5.56 Å². The van der Waals surface area contributed by atoms with Crippen molar-refractivity contribution in [3.05, 3.63) is 59.9 Å². The van der Waals surface area contributed by atoms with Crippen molar-refractivity contribution in [2.45, 2.75) is 36.7 Å². The van der Waals surface area contributed by atoms with E-state index in [2.05, 4.69) is 10.3 Å². The van der Waals surface area contributed by atoms with Crippen molar-refractivity contribution in [2.75, 3.05) is 13.1 Å². The predicted molar refractivity (Wildman–Crippen MR) is 94.4 cm³/mol. The Labute approximate surface area is 152 Å². The lowest BCUT2D eigenvalue weighted by Gasteiger charge is -2.21. The summed E-state index contributed by atoms with van der Waals surface area (Å²) in [6.45, 7) is 2.74. The maximum absolute atomic E-state index is 12.7. The SMILES string of the molecule is CC(N[C@H]1CCN(S(=O)(=O)c2ccccc2)C1)c1ccc(C(F)F)nc1. The molecule has 26 heavy (non-hydrogen) atoms. The highest BCUT2D eigenvalue weighted by molar-refractivity contribution is 7.89. The third-order valence-electron chi connectivity index (χ3n) is 4.55. The number of nitrogens with one attached hydrogen (secondary N) is 1. The summed E-state index contributed by atoms with van der Waals surface area (Å²) in [6.07, 6.45) is -0.454. The van der Waals surface area contributed by atoms with Gasteiger partial charge in [0.1, 0.15) is 5.69 Å². The van der Waals surface area contributed by atoms with Gasteiger partial charge in [0.2, 0.25) is 10.0 Å². The number of benzene rings is 1. The first kappa shape index (κ1) is 18.9. The molecule has 0 bridgehead atoms. The van der Waals surface area contributed by atoms with E-state index in [4.69, 9.17) is 0 Å². The first-order valence-electron chi connectivity index (χ1n) is 8.43. The van der Waals surface area contributed by atoms with E-state index in [1.165, 1.54) is 16.6 Å². The van der Waals surface area contributed by atoms with E-state index in [9.17, 15) is 17.2 Å². The van der Waals surface area contributed by atoms with Crippen molar-refractivity contribution in [3.8, 4) is 0 Å². The molecule has 1 N–H and O–H groups in total. The van der Waals surface area contributed by atoms with E-state index in [0.29, 0.717) is 24.4 Å². The van der Waals surface area contributed by atoms with E-state index >= 15 is 0 Å². The van der Waals surface area contributed by atoms with Crippen LogP contribution in [-0.4, -0.2) is 36.8 Å². The lowest BCUT2D eigenvalue weighted by atomic mass is 10.1. The fraction of sp³-hybridized carbons (Fsp3) is 0.389. The van der Waals surface area contributed by atoms with Crippen LogP contribution in [0.5, 0.6) is 0 Å². The quantitative estimate of drug-likeness (QED) is 0.835. The minimum absolute atomic E-state index is 0.00161. The molecule has 1 aliphatic heterocycles. The molecule has 0 spiro atoms. The molecular weight excluding hydrogens is 360 g/mol. The molecule has 8 heteroatoms. The van der Waals surface area contributed by atoms with Crippen LogP contribution in [-0.2, 0) is 10.0 Å². The number of alkyl halides is 2. The van der Waals surface area contributed by atoms with Crippen molar-refractivity contribution in [1.82, 2.24) is 14.6 Å². The van der Waals surface area contributed by atoms with Crippen molar-refractivity contribution in [2.24, 2.45) is 0 Å². The molecular formula is C18H21F2N3O2S. The molecule has 140 valence electrons. The molecule has 3 rings (SSSR count). The Balaban J connectivity index is 1.62. The Morgan fingerprint density at radius 3 is 2.54 bits per heavy atom. The molecule has 5 nitrogen and oxygen atoms in total. The Morgan fingerprint density at radius 2 is 1.92 bits per heavy atom. The molecule has 1 aromatic heterocycles. The smallest absolute Gasteiger partial charge is 0.280 e. The molecule has 0 saturated carbocycles. The monoisotopic (exact) mass is 381 g/mol. The Morgan fingerprint density at radius 1 is 1.19 bits per heavy atom. The zero-order valence-corrected chi connectivity index (χ0v) is 15.2. The highest BCUT2D eigenvalue weighted by Gasteiger charge is 2.33. The van der Waals surface area contributed by atoms with Crippen LogP contribution in [0.4, 0.5) is 8.78 Å². The molecule has 0 radical (unpaired) electrons. The average molecular weight is 381 g/mol. The normalized spacial score (nSPS) is 19.8. The van der Waals surface area contributed by atoms with Gasteiger partial charge in [0, 0.05) is 31.4 Å². The molecule has 1 aromatic carbocycles. The lowest BCUT2D eigenvalue weighted by Crippen LogP contribution is -2.36. The molecule has 0 aliphatic carbocycles. The van der Waals surface area contributed by atoms with Crippen LogP contribution in [0.25, 0.3) is 0 Å². The summed E-state index contributed by atoms with van der Waals surface area (Å²) in [5, 5.41) is 3.36. The summed E-state index contributed by atoms with van der Waals surface area (Å²) in [7, 11) is -3.49. The van der Waals surface area contributed by atoms with Gasteiger partial charge in [-0.1, -0.05) is 24.3 Å². The number of aromatic nitrogens is 1. The number of halogens is 2. The van der Waals surface area contributed by atoms with Gasteiger partial charge in [0.15, 0.2) is 0 Å². The van der Waals surface area contributed by atoms with Gasteiger partial charge >= 0.3 is 0 Å². The Bertz CT molecular complexity index is 829. The van der Waals surface area contributed by atoms with Gasteiger partial charge in [0.25, 0.3) is 6.43 Å². The number of hydrogen-bond acceptors (Lipinski definition) is 4. The maximum atomic E-state index is 12.7. The lowest BCUT2D eigenvalue weighted by molar-refractivity contribution is 0.146. The molecule has 2 aromatic rings. The standard InChI is InChI=1S/C18H21F2N3O2S/c1-13(14-7-8-17(18(19)20)21-11-14)22-15-9-10-23(12-15)26(24,25)16-5-3-2-4-6-16/h2-8,11,13,15,18,22H,9-10,12H2,1H3/t13?,15-/m0/s1. The summed E-state index contributed by atoms with van der Waals surface area (Å²) in [4.78, 5) is 4.06. The summed E-state index contributed by atoms with van der Waals surface area (Å²) in [5.41, 5.74) is 0.542. The Kier molecular flexibility index (Phi) is 5.64. The second-order valence-electron chi connectivity index (χ2n) is 6.37. The van der Waals surface area contributed by atoms with E-state index in [1.54, 1.807) is 36.4 Å². The number of pyridine rings is 1. The van der Waals surface area contributed by atoms with Crippen LogP contribution in [0.3, 0.4) is 0 Å². The fourth-order valence-electron chi connectivity index (χ4n) is 3.08. The third-order valence-corrected chi connectivity index (χ3v) is 6.43. The summed E-state index contributed by atoms with van der Waals surface area (Å²) in [5.74, 6) is 0. The molecule has 1 unspecified atom stereocenters. The second-order valence-corrected chi connectivity index (χ2v) is 8.31. The van der Waals surface area contributed by atoms with Gasteiger partial charge < -0.3 is 5.32 Å². The number of nitrogens with zero attached hydrogens (tertiary/aromatic N) is 2. The van der Waals surface area contributed by atoms with Crippen molar-refractivity contribution < 1.29 is 17.2 Å². The summed E-state index contributed by atoms with van der Waals surface area (Å²) >= 11 is 0. The zero-order valence-electron chi connectivity index (χ0n) is 14.3. The zero-order chi connectivity index (χ0) is 18.7. The summed E-state index contributed by atoms with van der Waals surface area (Å²) < 4.78 is 51.9. The van der Waals surface area contributed by atoms with Gasteiger partial charge in [0.05, 0.1) is 4.90 Å². The number of sulfonamides is 1. The highest BCUT2D eigenvalue weighted by Crippen LogP contribution is 2.23. The fourth-order valence-corrected chi connectivity index (χ4v) is 4.60. The van der Waals surface area contributed by atoms with Crippen LogP contribution in [0.15, 0.2) is 53.6 Å². The van der Waals surface area contributed by atoms with Crippen molar-refractivity contribution in [3.63, 3.8) is 0 Å². The van der Waals surface area contributed by atoms with Crippen LogP contribution >= 0.6 is 0 Å². The van der Waals surface area contributed by atoms with Gasteiger partial charge in [-0.15, -0.1) is 0 Å². The number of rotatable bonds is 6. The first-order chi connectivity index (χ1) is 12.4. The minimum atomic E-state index is -3.49. The van der Waals surface area contributed by atoms with E-state index in [-0.39, 0.29) is 17.8 Å². The molecule has 1 aliphatic rings. The molecule has 2 heterocycles. The first-order valence-corrected chi connectivity index (χ1v) is 9.87. The van der Waals surface area contributed by atoms with Crippen molar-refractivity contribution in [1.29, 1.82) is 0 Å². The average Bonchev–Trinajstić information content (AvgIpc) is 3.12. The molecule has 2 atom stereocenters. The van der Waals surface area contributed by atoms with Crippen LogP contribution in [0.1, 0.15) is 37.1 Å². The van der Waals surface area contributed by atoms with E-state index < -0.39 is 16.4 Å². The van der Waals surface area contributed by atoms with Gasteiger partial charge in [-0.25, -0.2) is 17.2 Å². The van der Waals surface area contributed by atoms with Crippen LogP contribution in [0, 0.1) is 0 Å². The van der Waals surface area contributed by atoms with Crippen LogP contribution < -0.4 is 5.32 Å². The predicted octanol–water partition coefficient (Wildman–Crippen LogP) is 3.13. The highest BCUT2D eigenvalue weighted by atomic mass is 32.2. The summed E-state index contributed by atoms with van der Waals surface area (Å²) in [6, 6.07) is 11.2. The largest absolute Gasteiger partial charge is 0.306 e. The maximum Gasteiger partial charge on any atom is 0.280 e. The minimum Gasteiger partial charge on any atom is -0.306 e. The van der Waals surface area contributed by atoms with Crippen molar-refractivity contribution >= 4 is 10.0 Å². The van der Waals surface area contributed by atoms with Gasteiger partial charge in [-0.2, -0.15) is 4.31 Å². The number of hydrogen-bond donors (Lipinski definition) is 1.